The van der Waals surface area contributed by atoms with E-state index in [0.717, 1.165) is 0 Å². The molecular weight excluding hydrogens is 245 g/mol. The summed E-state index contributed by atoms with van der Waals surface area (Å²) in [4.78, 5) is 11.4. The number of carbonyl (C=O) groups is 1. The van der Waals surface area contributed by atoms with Crippen molar-refractivity contribution in [1.29, 1.82) is 0 Å². The van der Waals surface area contributed by atoms with Gasteiger partial charge in [0.25, 0.3) is 5.91 Å². The highest BCUT2D eigenvalue weighted by Gasteiger charge is 2.21. The lowest BCUT2D eigenvalue weighted by Crippen LogP contribution is -2.23. The lowest BCUT2D eigenvalue weighted by Gasteiger charge is -2.16. The molecule has 0 aromatic heterocycles. The molecule has 0 heterocycles. The molecule has 2 N–H and O–H groups in total. The fourth-order valence-electron chi connectivity index (χ4n) is 2.05. The number of amides is 1. The van der Waals surface area contributed by atoms with Crippen molar-refractivity contribution in [3.63, 3.8) is 0 Å². The number of benzene rings is 2. The van der Waals surface area contributed by atoms with Gasteiger partial charge in [-0.2, -0.15) is 0 Å². The third kappa shape index (κ3) is 2.63. The molecule has 2 aromatic rings. The first-order valence-corrected chi connectivity index (χ1v) is 5.81. The maximum atomic E-state index is 13.9. The second kappa shape index (κ2) is 5.63. The predicted octanol–water partition coefficient (Wildman–Crippen LogP) is 2.67. The number of methoxy groups -OCH3 is 1. The standard InChI is InChI=1S/C15H14FNO2/c1-19-14(15(17)18)12-8-3-2-6-10(12)11-7-4-5-9-13(11)16/h2-9,14H,1H3,(H2,17,18). The van der Waals surface area contributed by atoms with Crippen molar-refractivity contribution < 1.29 is 13.9 Å². The summed E-state index contributed by atoms with van der Waals surface area (Å²) in [5.41, 5.74) is 6.89. The predicted molar refractivity (Wildman–Crippen MR) is 70.8 cm³/mol. The number of hydrogen-bond donors (Lipinski definition) is 1. The van der Waals surface area contributed by atoms with Gasteiger partial charge in [0.2, 0.25) is 0 Å². The Hall–Kier alpha value is -2.20. The van der Waals surface area contributed by atoms with Crippen molar-refractivity contribution in [3.8, 4) is 11.1 Å². The zero-order valence-corrected chi connectivity index (χ0v) is 10.5. The molecule has 0 aliphatic carbocycles. The Kier molecular flexibility index (Phi) is 3.92. The Morgan fingerprint density at radius 1 is 1.11 bits per heavy atom. The van der Waals surface area contributed by atoms with E-state index in [9.17, 15) is 9.18 Å². The van der Waals surface area contributed by atoms with Crippen LogP contribution in [0, 0.1) is 5.82 Å². The number of nitrogens with two attached hydrogens (primary N) is 1. The van der Waals surface area contributed by atoms with Gasteiger partial charge in [0, 0.05) is 12.7 Å². The van der Waals surface area contributed by atoms with Gasteiger partial charge in [-0.15, -0.1) is 0 Å². The third-order valence-corrected chi connectivity index (χ3v) is 2.90. The highest BCUT2D eigenvalue weighted by atomic mass is 19.1. The lowest BCUT2D eigenvalue weighted by atomic mass is 9.95. The second-order valence-electron chi connectivity index (χ2n) is 4.09. The van der Waals surface area contributed by atoms with Crippen LogP contribution in [0.1, 0.15) is 11.7 Å². The Morgan fingerprint density at radius 3 is 2.26 bits per heavy atom. The zero-order chi connectivity index (χ0) is 13.8. The topological polar surface area (TPSA) is 52.3 Å². The summed E-state index contributed by atoms with van der Waals surface area (Å²) >= 11 is 0. The van der Waals surface area contributed by atoms with Crippen LogP contribution in [0.2, 0.25) is 0 Å². The molecule has 0 spiro atoms. The van der Waals surface area contributed by atoms with Gasteiger partial charge in [-0.05, 0) is 17.2 Å². The normalized spacial score (nSPS) is 12.1. The van der Waals surface area contributed by atoms with E-state index in [2.05, 4.69) is 0 Å². The summed E-state index contributed by atoms with van der Waals surface area (Å²) in [7, 11) is 1.40. The van der Waals surface area contributed by atoms with Crippen LogP contribution in [-0.2, 0) is 9.53 Å². The molecule has 0 aliphatic rings. The quantitative estimate of drug-likeness (QED) is 0.917. The summed E-state index contributed by atoms with van der Waals surface area (Å²) in [5, 5.41) is 0. The van der Waals surface area contributed by atoms with Crippen LogP contribution < -0.4 is 5.73 Å². The first-order valence-electron chi connectivity index (χ1n) is 5.81. The van der Waals surface area contributed by atoms with Crippen molar-refractivity contribution in [2.24, 2.45) is 5.73 Å². The molecule has 0 bridgehead atoms. The number of rotatable bonds is 4. The summed E-state index contributed by atoms with van der Waals surface area (Å²) in [6.07, 6.45) is -0.893. The molecule has 0 saturated carbocycles. The SMILES string of the molecule is COC(C(N)=O)c1ccccc1-c1ccccc1F. The molecule has 1 amide bonds. The van der Waals surface area contributed by atoms with Gasteiger partial charge < -0.3 is 10.5 Å². The smallest absolute Gasteiger partial charge is 0.251 e. The number of ether oxygens (including phenoxy) is 1. The van der Waals surface area contributed by atoms with E-state index < -0.39 is 12.0 Å². The van der Waals surface area contributed by atoms with Crippen molar-refractivity contribution in [3.05, 3.63) is 59.9 Å². The first-order chi connectivity index (χ1) is 9.15. The number of primary amides is 1. The molecule has 3 nitrogen and oxygen atoms in total. The van der Waals surface area contributed by atoms with Gasteiger partial charge in [0.05, 0.1) is 0 Å². The minimum Gasteiger partial charge on any atom is -0.367 e. The van der Waals surface area contributed by atoms with Crippen molar-refractivity contribution in [2.45, 2.75) is 6.10 Å². The Bertz CT molecular complexity index is 598. The molecule has 98 valence electrons. The lowest BCUT2D eigenvalue weighted by molar-refractivity contribution is -0.128. The highest BCUT2D eigenvalue weighted by Crippen LogP contribution is 2.31. The highest BCUT2D eigenvalue weighted by molar-refractivity contribution is 5.84. The van der Waals surface area contributed by atoms with Gasteiger partial charge in [0.15, 0.2) is 6.10 Å². The van der Waals surface area contributed by atoms with Crippen LogP contribution in [-0.4, -0.2) is 13.0 Å². The molecule has 0 fully saturated rings. The third-order valence-electron chi connectivity index (χ3n) is 2.90. The summed E-state index contributed by atoms with van der Waals surface area (Å²) in [6, 6.07) is 13.4. The van der Waals surface area contributed by atoms with Gasteiger partial charge >= 0.3 is 0 Å². The van der Waals surface area contributed by atoms with E-state index in [1.165, 1.54) is 13.2 Å². The molecule has 4 heteroatoms. The molecule has 0 aliphatic heterocycles. The molecule has 19 heavy (non-hydrogen) atoms. The molecule has 1 unspecified atom stereocenters. The first kappa shape index (κ1) is 13.2. The minimum atomic E-state index is -0.893. The van der Waals surface area contributed by atoms with E-state index in [1.807, 2.05) is 0 Å². The van der Waals surface area contributed by atoms with Gasteiger partial charge in [-0.1, -0.05) is 42.5 Å². The van der Waals surface area contributed by atoms with E-state index >= 15 is 0 Å². The average Bonchev–Trinajstić information content (AvgIpc) is 2.40. The van der Waals surface area contributed by atoms with Crippen molar-refractivity contribution in [2.75, 3.05) is 7.11 Å². The van der Waals surface area contributed by atoms with Gasteiger partial charge in [-0.3, -0.25) is 4.79 Å². The number of hydrogen-bond acceptors (Lipinski definition) is 2. The summed E-state index contributed by atoms with van der Waals surface area (Å²) in [6.45, 7) is 0. The molecule has 1 atom stereocenters. The maximum absolute atomic E-state index is 13.9. The van der Waals surface area contributed by atoms with Gasteiger partial charge in [-0.25, -0.2) is 4.39 Å². The molecule has 2 aromatic carbocycles. The fourth-order valence-corrected chi connectivity index (χ4v) is 2.05. The fraction of sp³-hybridized carbons (Fsp3) is 0.133. The molecule has 2 rings (SSSR count). The zero-order valence-electron chi connectivity index (χ0n) is 10.5. The van der Waals surface area contributed by atoms with E-state index in [1.54, 1.807) is 42.5 Å². The summed E-state index contributed by atoms with van der Waals surface area (Å²) < 4.78 is 19.0. The largest absolute Gasteiger partial charge is 0.367 e. The number of halogens is 1. The Labute approximate surface area is 110 Å². The van der Waals surface area contributed by atoms with E-state index in [-0.39, 0.29) is 5.82 Å². The monoisotopic (exact) mass is 259 g/mol. The Balaban J connectivity index is 2.59. The minimum absolute atomic E-state index is 0.353. The van der Waals surface area contributed by atoms with Crippen LogP contribution >= 0.6 is 0 Å². The molecule has 0 saturated heterocycles. The van der Waals surface area contributed by atoms with Crippen molar-refractivity contribution >= 4 is 5.91 Å². The van der Waals surface area contributed by atoms with E-state index in [0.29, 0.717) is 16.7 Å². The number of carbonyl (C=O) groups excluding carboxylic acids is 1. The van der Waals surface area contributed by atoms with Crippen LogP contribution in [0.4, 0.5) is 4.39 Å². The van der Waals surface area contributed by atoms with Crippen LogP contribution in [0.25, 0.3) is 11.1 Å². The van der Waals surface area contributed by atoms with Gasteiger partial charge in [0.1, 0.15) is 5.82 Å². The van der Waals surface area contributed by atoms with E-state index in [4.69, 9.17) is 10.5 Å². The van der Waals surface area contributed by atoms with Crippen LogP contribution in [0.15, 0.2) is 48.5 Å². The Morgan fingerprint density at radius 2 is 1.68 bits per heavy atom. The maximum Gasteiger partial charge on any atom is 0.251 e. The second-order valence-corrected chi connectivity index (χ2v) is 4.09. The average molecular weight is 259 g/mol. The van der Waals surface area contributed by atoms with Crippen LogP contribution in [0.5, 0.6) is 0 Å². The summed E-state index contributed by atoms with van der Waals surface area (Å²) in [5.74, 6) is -0.958. The molecular formula is C15H14FNO2. The van der Waals surface area contributed by atoms with Crippen molar-refractivity contribution in [1.82, 2.24) is 0 Å². The van der Waals surface area contributed by atoms with Crippen LogP contribution in [0.3, 0.4) is 0 Å². The molecule has 0 radical (unpaired) electrons.